The van der Waals surface area contributed by atoms with Gasteiger partial charge in [0.25, 0.3) is 5.56 Å². The fourth-order valence-corrected chi connectivity index (χ4v) is 3.64. The van der Waals surface area contributed by atoms with Crippen LogP contribution in [0.15, 0.2) is 21.6 Å². The molecule has 0 saturated heterocycles. The molecule has 0 aliphatic carbocycles. The number of nitrogens with zero attached hydrogens (tertiary/aromatic N) is 1. The van der Waals surface area contributed by atoms with Gasteiger partial charge in [-0.2, -0.15) is 23.1 Å². The Kier molecular flexibility index (Phi) is 3.09. The van der Waals surface area contributed by atoms with Crippen molar-refractivity contribution < 1.29 is 0 Å². The molecule has 3 heterocycles. The Balaban J connectivity index is 2.15. The molecule has 18 heavy (non-hydrogen) atoms. The molecule has 0 fully saturated rings. The fraction of sp³-hybridized carbons (Fsp3) is 0.231. The van der Waals surface area contributed by atoms with Gasteiger partial charge >= 0.3 is 0 Å². The lowest BCUT2D eigenvalue weighted by Crippen LogP contribution is -2.21. The van der Waals surface area contributed by atoms with Crippen LogP contribution in [0.4, 0.5) is 0 Å². The molecule has 3 nitrogen and oxygen atoms in total. The van der Waals surface area contributed by atoms with Gasteiger partial charge in [-0.05, 0) is 41.0 Å². The van der Waals surface area contributed by atoms with E-state index in [-0.39, 0.29) is 5.56 Å². The average molecular weight is 276 g/mol. The third-order valence-corrected chi connectivity index (χ3v) is 4.54. The van der Waals surface area contributed by atoms with Crippen molar-refractivity contribution in [2.45, 2.75) is 12.7 Å². The number of aromatic amines is 1. The first kappa shape index (κ1) is 11.7. The highest BCUT2D eigenvalue weighted by Crippen LogP contribution is 2.30. The van der Waals surface area contributed by atoms with Crippen molar-refractivity contribution in [3.63, 3.8) is 0 Å². The lowest BCUT2D eigenvalue weighted by atomic mass is 10.1. The molecule has 0 amide bonds. The number of hydrogen-bond donors (Lipinski definition) is 1. The zero-order chi connectivity index (χ0) is 12.5. The van der Waals surface area contributed by atoms with Gasteiger partial charge in [0.2, 0.25) is 0 Å². The molecule has 0 atom stereocenters. The van der Waals surface area contributed by atoms with E-state index in [4.69, 9.17) is 0 Å². The predicted octanol–water partition coefficient (Wildman–Crippen LogP) is 2.93. The maximum Gasteiger partial charge on any atom is 0.255 e. The second-order valence-electron chi connectivity index (χ2n) is 4.20. The van der Waals surface area contributed by atoms with Gasteiger partial charge < -0.3 is 4.98 Å². The number of hydrogen-bond acceptors (Lipinski definition) is 4. The Morgan fingerprint density at radius 1 is 1.44 bits per heavy atom. The van der Waals surface area contributed by atoms with Gasteiger partial charge in [0.05, 0.1) is 11.3 Å². The summed E-state index contributed by atoms with van der Waals surface area (Å²) in [6.07, 6.45) is 2.13. The van der Waals surface area contributed by atoms with Crippen LogP contribution < -0.4 is 5.56 Å². The maximum atomic E-state index is 11.9. The smallest absolute Gasteiger partial charge is 0.255 e. The average Bonchev–Trinajstić information content (AvgIpc) is 2.83. The largest absolute Gasteiger partial charge is 0.310 e. The van der Waals surface area contributed by atoms with Gasteiger partial charge in [-0.25, -0.2) is 4.98 Å². The number of aryl methyl sites for hydroxylation is 1. The minimum absolute atomic E-state index is 0.000851. The van der Waals surface area contributed by atoms with Crippen LogP contribution in [-0.2, 0) is 5.75 Å². The van der Waals surface area contributed by atoms with E-state index in [1.165, 1.54) is 5.56 Å². The first-order valence-corrected chi connectivity index (χ1v) is 7.74. The van der Waals surface area contributed by atoms with Crippen LogP contribution in [0.5, 0.6) is 0 Å². The van der Waals surface area contributed by atoms with E-state index in [2.05, 4.69) is 32.9 Å². The molecule has 92 valence electrons. The minimum atomic E-state index is 0.000851. The van der Waals surface area contributed by atoms with E-state index in [1.807, 2.05) is 6.92 Å². The van der Waals surface area contributed by atoms with Gasteiger partial charge in [0, 0.05) is 11.5 Å². The highest BCUT2D eigenvalue weighted by atomic mass is 32.2. The summed E-state index contributed by atoms with van der Waals surface area (Å²) < 4.78 is 0. The van der Waals surface area contributed by atoms with Crippen molar-refractivity contribution in [3.8, 4) is 0 Å². The molecule has 2 aromatic rings. The predicted molar refractivity (Wildman–Crippen MR) is 77.9 cm³/mol. The van der Waals surface area contributed by atoms with E-state index < -0.39 is 0 Å². The number of fused-ring (bicyclic) bond motifs is 1. The van der Waals surface area contributed by atoms with Gasteiger partial charge in [0.1, 0.15) is 5.82 Å². The third-order valence-electron chi connectivity index (χ3n) is 2.83. The van der Waals surface area contributed by atoms with Gasteiger partial charge in [0.15, 0.2) is 0 Å². The van der Waals surface area contributed by atoms with Crippen molar-refractivity contribution in [1.82, 2.24) is 9.97 Å². The number of H-pyrrole nitrogens is 1. The van der Waals surface area contributed by atoms with E-state index >= 15 is 0 Å². The van der Waals surface area contributed by atoms with Crippen LogP contribution in [0.2, 0.25) is 0 Å². The fourth-order valence-electron chi connectivity index (χ4n) is 2.01. The summed E-state index contributed by atoms with van der Waals surface area (Å²) in [7, 11) is 0. The molecule has 0 saturated carbocycles. The monoisotopic (exact) mass is 276 g/mol. The molecule has 0 aromatic carbocycles. The zero-order valence-corrected chi connectivity index (χ0v) is 11.5. The number of aromatic nitrogens is 2. The molecule has 0 bridgehead atoms. The van der Waals surface area contributed by atoms with Crippen molar-refractivity contribution >= 4 is 34.7 Å². The summed E-state index contributed by atoms with van der Waals surface area (Å²) >= 11 is 3.44. The first-order chi connectivity index (χ1) is 8.74. The topological polar surface area (TPSA) is 45.8 Å². The summed E-state index contributed by atoms with van der Waals surface area (Å²) in [5, 5.41) is 4.16. The van der Waals surface area contributed by atoms with E-state index in [0.717, 1.165) is 28.3 Å². The van der Waals surface area contributed by atoms with Crippen LogP contribution in [0.25, 0.3) is 11.6 Å². The summed E-state index contributed by atoms with van der Waals surface area (Å²) in [4.78, 5) is 19.2. The molecule has 0 spiro atoms. The summed E-state index contributed by atoms with van der Waals surface area (Å²) in [6, 6.07) is 2.08. The van der Waals surface area contributed by atoms with Crippen LogP contribution in [-0.4, -0.2) is 15.7 Å². The Labute approximate surface area is 113 Å². The molecule has 1 aliphatic rings. The minimum Gasteiger partial charge on any atom is -0.310 e. The molecule has 1 aliphatic heterocycles. The van der Waals surface area contributed by atoms with Gasteiger partial charge in [-0.15, -0.1) is 0 Å². The highest BCUT2D eigenvalue weighted by molar-refractivity contribution is 7.99. The first-order valence-electron chi connectivity index (χ1n) is 5.65. The Morgan fingerprint density at radius 2 is 2.33 bits per heavy atom. The quantitative estimate of drug-likeness (QED) is 0.871. The van der Waals surface area contributed by atoms with E-state index in [9.17, 15) is 4.79 Å². The van der Waals surface area contributed by atoms with Crippen LogP contribution in [0, 0.1) is 6.92 Å². The second kappa shape index (κ2) is 4.74. The number of thiophene rings is 1. The van der Waals surface area contributed by atoms with Crippen LogP contribution in [0.3, 0.4) is 0 Å². The molecular formula is C13H12N2OS2. The van der Waals surface area contributed by atoms with Crippen LogP contribution in [0.1, 0.15) is 22.6 Å². The summed E-state index contributed by atoms with van der Waals surface area (Å²) in [5.74, 6) is 2.35. The lowest BCUT2D eigenvalue weighted by Gasteiger charge is -2.17. The molecule has 1 N–H and O–H groups in total. The number of nitrogens with one attached hydrogen (secondary N) is 1. The molecule has 0 unspecified atom stereocenters. The van der Waals surface area contributed by atoms with Crippen molar-refractivity contribution in [3.05, 3.63) is 49.8 Å². The van der Waals surface area contributed by atoms with Crippen molar-refractivity contribution in [2.75, 3.05) is 5.75 Å². The zero-order valence-electron chi connectivity index (χ0n) is 9.90. The normalized spacial score (nSPS) is 16.8. The molecule has 0 radical (unpaired) electrons. The Hall–Kier alpha value is -1.33. The van der Waals surface area contributed by atoms with Crippen molar-refractivity contribution in [2.24, 2.45) is 0 Å². The highest BCUT2D eigenvalue weighted by Gasteiger charge is 2.19. The molecular weight excluding hydrogens is 264 g/mol. The Bertz CT molecular complexity index is 656. The molecule has 2 aromatic heterocycles. The molecule has 3 rings (SSSR count). The van der Waals surface area contributed by atoms with E-state index in [1.54, 1.807) is 23.1 Å². The van der Waals surface area contributed by atoms with Crippen molar-refractivity contribution in [1.29, 1.82) is 0 Å². The second-order valence-corrected chi connectivity index (χ2v) is 5.96. The van der Waals surface area contributed by atoms with Gasteiger partial charge in [-0.3, -0.25) is 4.79 Å². The number of rotatable bonds is 1. The van der Waals surface area contributed by atoms with E-state index in [0.29, 0.717) is 5.82 Å². The lowest BCUT2D eigenvalue weighted by molar-refractivity contribution is 0.968. The summed E-state index contributed by atoms with van der Waals surface area (Å²) in [6.45, 7) is 1.83. The van der Waals surface area contributed by atoms with Crippen LogP contribution >= 0.6 is 23.1 Å². The maximum absolute atomic E-state index is 11.9. The van der Waals surface area contributed by atoms with Gasteiger partial charge in [-0.1, -0.05) is 0 Å². The Morgan fingerprint density at radius 3 is 3.11 bits per heavy atom. The SMILES string of the molecule is Cc1nc2c(c(=O)[nH]1)CSCC2=Cc1ccsc1. The standard InChI is InChI=1S/C13H12N2OS2/c1-8-14-12-10(4-9-2-3-17-5-9)6-18-7-11(12)13(16)15-8/h2-5H,6-7H2,1H3,(H,14,15,16). The molecule has 5 heteroatoms. The number of thioether (sulfide) groups is 1. The third kappa shape index (κ3) is 2.15. The summed E-state index contributed by atoms with van der Waals surface area (Å²) in [5.41, 5.74) is 4.01.